The van der Waals surface area contributed by atoms with Crippen molar-refractivity contribution in [1.82, 2.24) is 15.3 Å². The normalized spacial score (nSPS) is 11.5. The summed E-state index contributed by atoms with van der Waals surface area (Å²) in [5.41, 5.74) is 2.33. The number of nitrogens with zero attached hydrogens (tertiary/aromatic N) is 2. The number of aromatic nitrogens is 2. The fourth-order valence-corrected chi connectivity index (χ4v) is 3.12. The first-order valence-corrected chi connectivity index (χ1v) is 10.7. The number of furan rings is 1. The second kappa shape index (κ2) is 8.37. The number of sulfone groups is 1. The Bertz CT molecular complexity index is 1120. The Balaban J connectivity index is 1.78. The van der Waals surface area contributed by atoms with Gasteiger partial charge < -0.3 is 15.1 Å². The molecule has 0 saturated carbocycles. The highest BCUT2D eigenvalue weighted by atomic mass is 32.2. The molecule has 2 N–H and O–H groups in total. The van der Waals surface area contributed by atoms with E-state index in [-0.39, 0.29) is 5.75 Å². The van der Waals surface area contributed by atoms with Crippen molar-refractivity contribution >= 4 is 26.6 Å². The summed E-state index contributed by atoms with van der Waals surface area (Å²) in [6.07, 6.45) is 4.33. The Morgan fingerprint density at radius 3 is 2.82 bits per heavy atom. The predicted octanol–water partition coefficient (Wildman–Crippen LogP) is 3.14. The Kier molecular flexibility index (Phi) is 5.91. The van der Waals surface area contributed by atoms with Crippen LogP contribution in [0.2, 0.25) is 0 Å². The van der Waals surface area contributed by atoms with E-state index in [1.807, 2.05) is 30.3 Å². The highest BCUT2D eigenvalue weighted by Gasteiger charge is 2.10. The van der Waals surface area contributed by atoms with Gasteiger partial charge in [0.1, 0.15) is 33.5 Å². The van der Waals surface area contributed by atoms with Gasteiger partial charge in [-0.1, -0.05) is 13.2 Å². The van der Waals surface area contributed by atoms with Crippen molar-refractivity contribution in [3.63, 3.8) is 0 Å². The van der Waals surface area contributed by atoms with Crippen LogP contribution in [0.1, 0.15) is 5.76 Å². The lowest BCUT2D eigenvalue weighted by molar-refractivity contribution is 0.498. The topological polar surface area (TPSA) is 97.1 Å². The first-order valence-electron chi connectivity index (χ1n) is 8.66. The van der Waals surface area contributed by atoms with Crippen molar-refractivity contribution in [2.75, 3.05) is 23.9 Å². The summed E-state index contributed by atoms with van der Waals surface area (Å²) < 4.78 is 28.2. The maximum atomic E-state index is 11.2. The average Bonchev–Trinajstić information content (AvgIpc) is 3.13. The minimum Gasteiger partial charge on any atom is -0.460 e. The Labute approximate surface area is 164 Å². The molecule has 0 saturated heterocycles. The van der Waals surface area contributed by atoms with Crippen LogP contribution in [-0.2, 0) is 16.4 Å². The van der Waals surface area contributed by atoms with Crippen molar-refractivity contribution in [2.24, 2.45) is 0 Å². The van der Waals surface area contributed by atoms with Crippen molar-refractivity contribution in [3.05, 3.63) is 67.4 Å². The molecule has 1 aromatic carbocycles. The van der Waals surface area contributed by atoms with Gasteiger partial charge in [0, 0.05) is 29.4 Å². The molecule has 0 aliphatic heterocycles. The maximum Gasteiger partial charge on any atom is 0.148 e. The van der Waals surface area contributed by atoms with E-state index in [2.05, 4.69) is 33.8 Å². The van der Waals surface area contributed by atoms with E-state index < -0.39 is 9.84 Å². The van der Waals surface area contributed by atoms with Crippen molar-refractivity contribution in [2.45, 2.75) is 6.54 Å². The largest absolute Gasteiger partial charge is 0.460 e. The van der Waals surface area contributed by atoms with Crippen LogP contribution >= 0.6 is 0 Å². The molecule has 0 spiro atoms. The molecule has 28 heavy (non-hydrogen) atoms. The van der Waals surface area contributed by atoms with Crippen molar-refractivity contribution < 1.29 is 12.8 Å². The molecule has 0 fully saturated rings. The van der Waals surface area contributed by atoms with Crippen LogP contribution in [0.5, 0.6) is 0 Å². The Hall–Kier alpha value is -2.97. The van der Waals surface area contributed by atoms with Crippen LogP contribution in [0.4, 0.5) is 5.82 Å². The maximum absolute atomic E-state index is 11.2. The summed E-state index contributed by atoms with van der Waals surface area (Å²) in [6, 6.07) is 9.54. The van der Waals surface area contributed by atoms with Crippen LogP contribution in [0.3, 0.4) is 0 Å². The summed E-state index contributed by atoms with van der Waals surface area (Å²) in [5.74, 6) is 2.17. The van der Waals surface area contributed by atoms with Gasteiger partial charge in [-0.2, -0.15) is 0 Å². The molecular weight excluding hydrogens is 376 g/mol. The molecule has 2 heterocycles. The molecular formula is C20H22N4O3S. The molecule has 3 aromatic rings. The zero-order valence-electron chi connectivity index (χ0n) is 15.6. The summed E-state index contributed by atoms with van der Waals surface area (Å²) in [6.45, 7) is 8.38. The molecule has 0 bridgehead atoms. The number of rotatable bonds is 9. The molecule has 0 amide bonds. The van der Waals surface area contributed by atoms with E-state index in [1.165, 1.54) is 12.6 Å². The number of allylic oxidation sites excluding steroid dienone is 1. The van der Waals surface area contributed by atoms with Gasteiger partial charge >= 0.3 is 0 Å². The zero-order valence-corrected chi connectivity index (χ0v) is 16.4. The van der Waals surface area contributed by atoms with E-state index in [4.69, 9.17) is 4.42 Å². The number of fused-ring (bicyclic) bond motifs is 1. The van der Waals surface area contributed by atoms with Crippen molar-refractivity contribution in [3.8, 4) is 11.3 Å². The second-order valence-corrected chi connectivity index (χ2v) is 8.64. The third-order valence-electron chi connectivity index (χ3n) is 4.06. The van der Waals surface area contributed by atoms with Gasteiger partial charge in [0.2, 0.25) is 0 Å². The molecule has 0 unspecified atom stereocenters. The molecule has 7 nitrogen and oxygen atoms in total. The van der Waals surface area contributed by atoms with Crippen LogP contribution in [-0.4, -0.2) is 36.9 Å². The molecule has 8 heteroatoms. The van der Waals surface area contributed by atoms with Gasteiger partial charge in [-0.05, 0) is 36.4 Å². The Morgan fingerprint density at radius 2 is 2.07 bits per heavy atom. The number of anilines is 1. The summed E-state index contributed by atoms with van der Waals surface area (Å²) >= 11 is 0. The van der Waals surface area contributed by atoms with Crippen LogP contribution in [0.15, 0.2) is 66.0 Å². The summed E-state index contributed by atoms with van der Waals surface area (Å²) in [7, 11) is -2.98. The standard InChI is InChI=1S/C20H22N4O3S/c1-4-14(2)24-20-17-11-15(5-7-18(17)22-13-23-20)19-8-6-16(27-19)12-21-9-10-28(3,25)26/h4-8,11,13,21H,1-2,9-10,12H2,3H3,(H,22,23,24). The first kappa shape index (κ1) is 19.8. The van der Waals surface area contributed by atoms with E-state index in [9.17, 15) is 8.42 Å². The van der Waals surface area contributed by atoms with Gasteiger partial charge in [-0.25, -0.2) is 18.4 Å². The number of nitrogens with one attached hydrogen (secondary N) is 2. The van der Waals surface area contributed by atoms with Gasteiger partial charge in [0.05, 0.1) is 17.8 Å². The van der Waals surface area contributed by atoms with E-state index in [1.54, 1.807) is 6.08 Å². The highest BCUT2D eigenvalue weighted by Crippen LogP contribution is 2.28. The zero-order chi connectivity index (χ0) is 20.1. The predicted molar refractivity (Wildman–Crippen MR) is 112 cm³/mol. The van der Waals surface area contributed by atoms with Gasteiger partial charge in [-0.3, -0.25) is 0 Å². The van der Waals surface area contributed by atoms with Crippen LogP contribution in [0, 0.1) is 0 Å². The number of hydrogen-bond donors (Lipinski definition) is 2. The Morgan fingerprint density at radius 1 is 1.25 bits per heavy atom. The first-order chi connectivity index (χ1) is 13.4. The third kappa shape index (κ3) is 5.05. The van der Waals surface area contributed by atoms with Crippen LogP contribution in [0.25, 0.3) is 22.2 Å². The molecule has 2 aromatic heterocycles. The monoisotopic (exact) mass is 398 g/mol. The minimum atomic E-state index is -2.98. The molecule has 3 rings (SSSR count). The molecule has 0 radical (unpaired) electrons. The van der Waals surface area contributed by atoms with Gasteiger partial charge in [-0.15, -0.1) is 0 Å². The summed E-state index contributed by atoms with van der Waals surface area (Å²) in [5, 5.41) is 7.02. The lowest BCUT2D eigenvalue weighted by Crippen LogP contribution is -2.21. The smallest absolute Gasteiger partial charge is 0.148 e. The molecule has 146 valence electrons. The number of hydrogen-bond acceptors (Lipinski definition) is 7. The lowest BCUT2D eigenvalue weighted by atomic mass is 10.1. The second-order valence-electron chi connectivity index (χ2n) is 6.38. The average molecular weight is 398 g/mol. The molecule has 0 atom stereocenters. The van der Waals surface area contributed by atoms with E-state index in [0.29, 0.717) is 30.4 Å². The van der Waals surface area contributed by atoms with E-state index >= 15 is 0 Å². The third-order valence-corrected chi connectivity index (χ3v) is 5.00. The lowest BCUT2D eigenvalue weighted by Gasteiger charge is -2.08. The van der Waals surface area contributed by atoms with Gasteiger partial charge in [0.15, 0.2) is 0 Å². The molecule has 0 aliphatic rings. The quantitative estimate of drug-likeness (QED) is 0.422. The van der Waals surface area contributed by atoms with Gasteiger partial charge in [0.25, 0.3) is 0 Å². The molecule has 0 aliphatic carbocycles. The van der Waals surface area contributed by atoms with Crippen LogP contribution < -0.4 is 10.6 Å². The van der Waals surface area contributed by atoms with E-state index in [0.717, 1.165) is 22.2 Å². The fraction of sp³-hybridized carbons (Fsp3) is 0.200. The summed E-state index contributed by atoms with van der Waals surface area (Å²) in [4.78, 5) is 8.57. The fourth-order valence-electron chi connectivity index (χ4n) is 2.61. The number of benzene rings is 1. The highest BCUT2D eigenvalue weighted by molar-refractivity contribution is 7.90. The minimum absolute atomic E-state index is 0.0943. The van der Waals surface area contributed by atoms with Crippen molar-refractivity contribution in [1.29, 1.82) is 0 Å². The SMILES string of the molecule is C=CC(=C)Nc1ncnc2ccc(-c3ccc(CNCCS(C)(=O)=O)o3)cc12.